The Bertz CT molecular complexity index is 950. The third-order valence-corrected chi connectivity index (χ3v) is 4.44. The van der Waals surface area contributed by atoms with E-state index in [0.717, 1.165) is 0 Å². The van der Waals surface area contributed by atoms with Gasteiger partial charge in [0.25, 0.3) is 10.1 Å². The first kappa shape index (κ1) is 15.1. The maximum Gasteiger partial charge on any atom is 0.294 e. The second kappa shape index (κ2) is 5.44. The van der Waals surface area contributed by atoms with Crippen LogP contribution in [0.15, 0.2) is 41.3 Å². The molecule has 3 rings (SSSR count). The average Bonchev–Trinajstić information content (AvgIpc) is 2.83. The van der Waals surface area contributed by atoms with Gasteiger partial charge in [-0.05, 0) is 30.3 Å². The molecule has 0 unspecified atom stereocenters. The van der Waals surface area contributed by atoms with E-state index in [-0.39, 0.29) is 4.90 Å². The normalized spacial score (nSPS) is 11.8. The number of aromatic nitrogens is 2. The first-order valence-electron chi connectivity index (χ1n) is 6.03. The molecule has 0 saturated heterocycles. The van der Waals surface area contributed by atoms with Crippen molar-refractivity contribution in [2.24, 2.45) is 0 Å². The minimum Gasteiger partial charge on any atom is -0.324 e. The van der Waals surface area contributed by atoms with E-state index in [9.17, 15) is 8.42 Å². The lowest BCUT2D eigenvalue weighted by atomic mass is 10.3. The molecule has 114 valence electrons. The van der Waals surface area contributed by atoms with Gasteiger partial charge < -0.3 is 10.3 Å². The van der Waals surface area contributed by atoms with Crippen molar-refractivity contribution in [3.05, 3.63) is 46.4 Å². The number of fused-ring (bicyclic) bond motifs is 1. The Morgan fingerprint density at radius 1 is 1.14 bits per heavy atom. The van der Waals surface area contributed by atoms with Gasteiger partial charge in [0.05, 0.1) is 31.7 Å². The van der Waals surface area contributed by atoms with Crippen molar-refractivity contribution in [3.8, 4) is 0 Å². The number of rotatable bonds is 3. The van der Waals surface area contributed by atoms with Gasteiger partial charge in [-0.3, -0.25) is 4.55 Å². The van der Waals surface area contributed by atoms with Crippen molar-refractivity contribution >= 4 is 56.0 Å². The molecule has 0 saturated carbocycles. The highest BCUT2D eigenvalue weighted by Gasteiger charge is 2.13. The fourth-order valence-corrected chi connectivity index (χ4v) is 2.93. The summed E-state index contributed by atoms with van der Waals surface area (Å²) in [5, 5.41) is 3.79. The zero-order chi connectivity index (χ0) is 15.9. The molecule has 0 bridgehead atoms. The van der Waals surface area contributed by atoms with Crippen molar-refractivity contribution in [3.63, 3.8) is 0 Å². The number of nitrogens with zero attached hydrogens (tertiary/aromatic N) is 1. The third-order valence-electron chi connectivity index (χ3n) is 2.96. The molecule has 2 aromatic carbocycles. The van der Waals surface area contributed by atoms with Crippen LogP contribution in [0, 0.1) is 0 Å². The lowest BCUT2D eigenvalue weighted by Gasteiger charge is -2.06. The molecule has 0 fully saturated rings. The van der Waals surface area contributed by atoms with Gasteiger partial charge in [0.1, 0.15) is 0 Å². The van der Waals surface area contributed by atoms with Crippen molar-refractivity contribution in [2.45, 2.75) is 4.90 Å². The van der Waals surface area contributed by atoms with E-state index in [2.05, 4.69) is 15.3 Å². The zero-order valence-electron chi connectivity index (χ0n) is 10.8. The van der Waals surface area contributed by atoms with E-state index >= 15 is 0 Å². The van der Waals surface area contributed by atoms with E-state index in [1.807, 2.05) is 0 Å². The summed E-state index contributed by atoms with van der Waals surface area (Å²) >= 11 is 12.1. The van der Waals surface area contributed by atoms with Crippen molar-refractivity contribution in [1.29, 1.82) is 0 Å². The van der Waals surface area contributed by atoms with E-state index in [0.29, 0.717) is 32.7 Å². The molecule has 0 aliphatic carbocycles. The molecule has 1 heterocycles. The van der Waals surface area contributed by atoms with Gasteiger partial charge in [0.15, 0.2) is 0 Å². The summed E-state index contributed by atoms with van der Waals surface area (Å²) in [5.74, 6) is 0.345. The minimum atomic E-state index is -4.27. The molecule has 0 radical (unpaired) electrons. The zero-order valence-corrected chi connectivity index (χ0v) is 13.2. The highest BCUT2D eigenvalue weighted by molar-refractivity contribution is 7.85. The predicted molar refractivity (Wildman–Crippen MR) is 85.7 cm³/mol. The minimum absolute atomic E-state index is 0.228. The van der Waals surface area contributed by atoms with Crippen LogP contribution in [0.2, 0.25) is 10.0 Å². The van der Waals surface area contributed by atoms with Crippen LogP contribution in [-0.2, 0) is 10.1 Å². The van der Waals surface area contributed by atoms with Gasteiger partial charge >= 0.3 is 0 Å². The fraction of sp³-hybridized carbons (Fsp3) is 0. The van der Waals surface area contributed by atoms with Crippen molar-refractivity contribution in [2.75, 3.05) is 5.32 Å². The molecule has 9 heteroatoms. The number of halogens is 2. The Labute approximate surface area is 135 Å². The summed E-state index contributed by atoms with van der Waals surface area (Å²) < 4.78 is 31.3. The summed E-state index contributed by atoms with van der Waals surface area (Å²) in [6.45, 7) is 0. The summed E-state index contributed by atoms with van der Waals surface area (Å²) in [5.41, 5.74) is 1.46. The van der Waals surface area contributed by atoms with E-state index in [4.69, 9.17) is 27.8 Å². The van der Waals surface area contributed by atoms with Crippen LogP contribution >= 0.6 is 23.2 Å². The summed E-state index contributed by atoms with van der Waals surface area (Å²) in [7, 11) is -4.27. The van der Waals surface area contributed by atoms with Crippen LogP contribution in [0.4, 0.5) is 11.6 Å². The van der Waals surface area contributed by atoms with Gasteiger partial charge in [-0.15, -0.1) is 0 Å². The largest absolute Gasteiger partial charge is 0.324 e. The predicted octanol–water partition coefficient (Wildman–Crippen LogP) is 3.86. The maximum atomic E-state index is 11.1. The third kappa shape index (κ3) is 2.89. The second-order valence-electron chi connectivity index (χ2n) is 4.46. The van der Waals surface area contributed by atoms with Crippen LogP contribution in [0.3, 0.4) is 0 Å². The average molecular weight is 358 g/mol. The Kier molecular flexibility index (Phi) is 3.73. The van der Waals surface area contributed by atoms with Gasteiger partial charge in [-0.25, -0.2) is 4.98 Å². The molecule has 6 nitrogen and oxygen atoms in total. The quantitative estimate of drug-likeness (QED) is 0.618. The highest BCUT2D eigenvalue weighted by Crippen LogP contribution is 2.32. The fourth-order valence-electron chi connectivity index (χ4n) is 1.94. The molecule has 3 aromatic rings. The monoisotopic (exact) mass is 357 g/mol. The Hall–Kier alpha value is -1.80. The second-order valence-corrected chi connectivity index (χ2v) is 6.70. The lowest BCUT2D eigenvalue weighted by Crippen LogP contribution is -1.97. The number of benzene rings is 2. The molecular weight excluding hydrogens is 349 g/mol. The molecule has 3 N–H and O–H groups in total. The summed E-state index contributed by atoms with van der Waals surface area (Å²) in [4.78, 5) is 6.94. The lowest BCUT2D eigenvalue weighted by molar-refractivity contribution is 0.483. The Balaban J connectivity index is 2.02. The maximum absolute atomic E-state index is 11.1. The first-order valence-corrected chi connectivity index (χ1v) is 8.22. The van der Waals surface area contributed by atoms with E-state index < -0.39 is 10.1 Å². The van der Waals surface area contributed by atoms with Crippen LogP contribution in [0.5, 0.6) is 0 Å². The van der Waals surface area contributed by atoms with Crippen LogP contribution < -0.4 is 5.32 Å². The summed E-state index contributed by atoms with van der Waals surface area (Å²) in [6.07, 6.45) is 0. The van der Waals surface area contributed by atoms with Crippen LogP contribution in [0.25, 0.3) is 11.0 Å². The number of nitrogens with one attached hydrogen (secondary N) is 2. The van der Waals surface area contributed by atoms with E-state index in [1.54, 1.807) is 18.2 Å². The smallest absolute Gasteiger partial charge is 0.294 e. The van der Waals surface area contributed by atoms with Gasteiger partial charge in [-0.1, -0.05) is 29.3 Å². The Morgan fingerprint density at radius 3 is 2.45 bits per heavy atom. The number of aromatic amines is 1. The number of para-hydroxylation sites is 1. The van der Waals surface area contributed by atoms with Gasteiger partial charge in [-0.2, -0.15) is 8.42 Å². The molecular formula is C13H9Cl2N3O3S. The van der Waals surface area contributed by atoms with Gasteiger partial charge in [0.2, 0.25) is 5.95 Å². The molecule has 22 heavy (non-hydrogen) atoms. The van der Waals surface area contributed by atoms with Crippen LogP contribution in [-0.4, -0.2) is 22.9 Å². The molecule has 0 amide bonds. The number of hydrogen-bond acceptors (Lipinski definition) is 4. The SMILES string of the molecule is O=S(=O)(O)c1ccc2[nH]c(Nc3c(Cl)cccc3Cl)nc2c1. The van der Waals surface area contributed by atoms with E-state index in [1.165, 1.54) is 18.2 Å². The van der Waals surface area contributed by atoms with Crippen LogP contribution in [0.1, 0.15) is 0 Å². The summed E-state index contributed by atoms with van der Waals surface area (Å²) in [6, 6.07) is 9.12. The first-order chi connectivity index (χ1) is 10.3. The molecule has 0 aliphatic heterocycles. The number of anilines is 2. The topological polar surface area (TPSA) is 95.1 Å². The molecule has 0 atom stereocenters. The molecule has 0 spiro atoms. The number of hydrogen-bond donors (Lipinski definition) is 3. The number of imidazole rings is 1. The highest BCUT2D eigenvalue weighted by atomic mass is 35.5. The number of H-pyrrole nitrogens is 1. The van der Waals surface area contributed by atoms with Gasteiger partial charge in [0, 0.05) is 0 Å². The van der Waals surface area contributed by atoms with Crippen molar-refractivity contribution < 1.29 is 13.0 Å². The molecule has 0 aliphatic rings. The molecule has 1 aromatic heterocycles. The standard InChI is InChI=1S/C13H9Cl2N3O3S/c14-8-2-1-3-9(15)12(8)18-13-16-10-5-4-7(22(19,20)21)6-11(10)17-13/h1-6H,(H2,16,17,18)(H,19,20,21). The van der Waals surface area contributed by atoms with Crippen molar-refractivity contribution in [1.82, 2.24) is 9.97 Å². The Morgan fingerprint density at radius 2 is 1.82 bits per heavy atom.